The van der Waals surface area contributed by atoms with Crippen molar-refractivity contribution in [1.29, 1.82) is 0 Å². The number of benzene rings is 1. The molecule has 19 heavy (non-hydrogen) atoms. The van der Waals surface area contributed by atoms with E-state index in [-0.39, 0.29) is 10.2 Å². The lowest BCUT2D eigenvalue weighted by atomic mass is 10.3. The molecule has 0 spiro atoms. The van der Waals surface area contributed by atoms with Gasteiger partial charge < -0.3 is 14.9 Å². The summed E-state index contributed by atoms with van der Waals surface area (Å²) in [6.07, 6.45) is 0. The molecule has 2 rings (SSSR count). The Labute approximate surface area is 118 Å². The lowest BCUT2D eigenvalue weighted by molar-refractivity contribution is 0.321. The van der Waals surface area contributed by atoms with E-state index in [9.17, 15) is 4.79 Å². The minimum absolute atomic E-state index is 0.216. The minimum Gasteiger partial charge on any atom is -0.340 e. The van der Waals surface area contributed by atoms with Gasteiger partial charge in [0.25, 0.3) is 5.56 Å². The third kappa shape index (κ3) is 4.61. The van der Waals surface area contributed by atoms with Gasteiger partial charge in [0.1, 0.15) is 0 Å². The van der Waals surface area contributed by atoms with Crippen molar-refractivity contribution in [2.45, 2.75) is 20.8 Å². The van der Waals surface area contributed by atoms with Crippen LogP contribution in [-0.2, 0) is 0 Å². The first-order chi connectivity index (χ1) is 9.12. The number of nitrogens with one attached hydrogen (secondary N) is 2. The van der Waals surface area contributed by atoms with Gasteiger partial charge in [-0.3, -0.25) is 4.79 Å². The zero-order chi connectivity index (χ0) is 14.3. The van der Waals surface area contributed by atoms with Crippen molar-refractivity contribution in [1.82, 2.24) is 14.9 Å². The maximum absolute atomic E-state index is 11.0. The molecule has 0 bridgehead atoms. The zero-order valence-electron chi connectivity index (χ0n) is 11.7. The number of hydrogen-bond donors (Lipinski definition) is 2. The van der Waals surface area contributed by atoms with E-state index >= 15 is 0 Å². The van der Waals surface area contributed by atoms with Crippen molar-refractivity contribution in [3.05, 3.63) is 39.3 Å². The quantitative estimate of drug-likeness (QED) is 0.849. The number of fused-ring (bicyclic) bond motifs is 1. The van der Waals surface area contributed by atoms with Gasteiger partial charge in [0, 0.05) is 0 Å². The minimum atomic E-state index is -0.247. The van der Waals surface area contributed by atoms with Crippen molar-refractivity contribution in [3.8, 4) is 0 Å². The number of H-pyrrole nitrogens is 2. The van der Waals surface area contributed by atoms with E-state index < -0.39 is 0 Å². The molecule has 0 aliphatic carbocycles. The summed E-state index contributed by atoms with van der Waals surface area (Å²) in [6.45, 7) is 10.1. The third-order valence-corrected chi connectivity index (χ3v) is 3.26. The molecule has 1 aromatic carbocycles. The number of aromatic amines is 2. The molecule has 0 unspecified atom stereocenters. The van der Waals surface area contributed by atoms with Gasteiger partial charge in [0.05, 0.1) is 11.0 Å². The van der Waals surface area contributed by atoms with Crippen LogP contribution in [0.5, 0.6) is 0 Å². The Balaban J connectivity index is 0.000000224. The van der Waals surface area contributed by atoms with Gasteiger partial charge in [-0.25, -0.2) is 0 Å². The Morgan fingerprint density at radius 3 is 1.89 bits per heavy atom. The van der Waals surface area contributed by atoms with Crippen LogP contribution >= 0.6 is 12.2 Å². The van der Waals surface area contributed by atoms with Gasteiger partial charge in [-0.1, -0.05) is 45.1 Å². The van der Waals surface area contributed by atoms with Crippen molar-refractivity contribution in [2.24, 2.45) is 0 Å². The van der Waals surface area contributed by atoms with Gasteiger partial charge in [0.2, 0.25) is 0 Å². The highest BCUT2D eigenvalue weighted by Crippen LogP contribution is 2.03. The predicted molar refractivity (Wildman–Crippen MR) is 83.2 cm³/mol. The standard InChI is InChI=1S/C8H6N2OS.C6H15N/c11-7-8(12)10-6-4-2-1-3-5(6)9-7;1-4-7(5-2)6-3/h1-4H,(H,9,11)(H,10,12);4-6H2,1-3H3. The first-order valence-corrected chi connectivity index (χ1v) is 6.96. The van der Waals surface area contributed by atoms with E-state index in [1.807, 2.05) is 24.3 Å². The zero-order valence-corrected chi connectivity index (χ0v) is 12.5. The summed E-state index contributed by atoms with van der Waals surface area (Å²) in [6, 6.07) is 7.42. The van der Waals surface area contributed by atoms with Crippen LogP contribution in [-0.4, -0.2) is 34.5 Å². The molecule has 4 nitrogen and oxygen atoms in total. The second kappa shape index (κ2) is 7.86. The Morgan fingerprint density at radius 1 is 1.00 bits per heavy atom. The Morgan fingerprint density at radius 2 is 1.47 bits per heavy atom. The van der Waals surface area contributed by atoms with E-state index in [0.29, 0.717) is 0 Å². The van der Waals surface area contributed by atoms with E-state index in [2.05, 4.69) is 35.6 Å². The van der Waals surface area contributed by atoms with E-state index in [4.69, 9.17) is 12.2 Å². The molecule has 0 atom stereocenters. The molecule has 104 valence electrons. The SMILES string of the molecule is CCN(CC)CC.O=c1[nH]c2ccccc2[nH]c1=S. The molecule has 5 heteroatoms. The van der Waals surface area contributed by atoms with Gasteiger partial charge in [-0.05, 0) is 31.8 Å². The van der Waals surface area contributed by atoms with Crippen LogP contribution in [0.4, 0.5) is 0 Å². The molecule has 0 saturated carbocycles. The molecule has 0 amide bonds. The summed E-state index contributed by atoms with van der Waals surface area (Å²) in [5, 5.41) is 0. The topological polar surface area (TPSA) is 51.9 Å². The molecule has 0 fully saturated rings. The molecule has 1 aromatic heterocycles. The molecule has 2 N–H and O–H groups in total. The molecule has 0 aliphatic heterocycles. The lowest BCUT2D eigenvalue weighted by Gasteiger charge is -2.13. The largest absolute Gasteiger partial charge is 0.340 e. The smallest absolute Gasteiger partial charge is 0.283 e. The van der Waals surface area contributed by atoms with Gasteiger partial charge in [0.15, 0.2) is 4.64 Å². The normalized spacial score (nSPS) is 10.3. The Hall–Kier alpha value is -1.46. The molecule has 1 heterocycles. The summed E-state index contributed by atoms with van der Waals surface area (Å²) < 4.78 is 0.216. The highest BCUT2D eigenvalue weighted by molar-refractivity contribution is 7.71. The predicted octanol–water partition coefficient (Wildman–Crippen LogP) is 2.93. The number of aromatic nitrogens is 2. The summed E-state index contributed by atoms with van der Waals surface area (Å²) >= 11 is 4.78. The molecule has 0 radical (unpaired) electrons. The van der Waals surface area contributed by atoms with Gasteiger partial charge >= 0.3 is 0 Å². The van der Waals surface area contributed by atoms with Crippen molar-refractivity contribution < 1.29 is 0 Å². The first-order valence-electron chi connectivity index (χ1n) is 6.56. The van der Waals surface area contributed by atoms with Gasteiger partial charge in [-0.15, -0.1) is 0 Å². The molecule has 2 aromatic rings. The van der Waals surface area contributed by atoms with Crippen LogP contribution < -0.4 is 5.56 Å². The number of hydrogen-bond acceptors (Lipinski definition) is 3. The summed E-state index contributed by atoms with van der Waals surface area (Å²) in [5.41, 5.74) is 1.38. The van der Waals surface area contributed by atoms with E-state index in [0.717, 1.165) is 11.0 Å². The van der Waals surface area contributed by atoms with E-state index in [1.54, 1.807) is 0 Å². The van der Waals surface area contributed by atoms with Crippen molar-refractivity contribution >= 4 is 23.3 Å². The number of para-hydroxylation sites is 2. The molecule has 0 aliphatic rings. The first kappa shape index (κ1) is 15.6. The fourth-order valence-corrected chi connectivity index (χ4v) is 1.89. The van der Waals surface area contributed by atoms with Crippen molar-refractivity contribution in [2.75, 3.05) is 19.6 Å². The highest BCUT2D eigenvalue weighted by Gasteiger charge is 1.93. The molecule has 0 saturated heterocycles. The van der Waals surface area contributed by atoms with Crippen molar-refractivity contribution in [3.63, 3.8) is 0 Å². The maximum Gasteiger partial charge on any atom is 0.283 e. The summed E-state index contributed by atoms with van der Waals surface area (Å²) in [7, 11) is 0. The van der Waals surface area contributed by atoms with Crippen LogP contribution in [0.25, 0.3) is 11.0 Å². The lowest BCUT2D eigenvalue weighted by Crippen LogP contribution is -2.21. The van der Waals surface area contributed by atoms with Crippen LogP contribution in [0.3, 0.4) is 0 Å². The van der Waals surface area contributed by atoms with Crippen LogP contribution in [0, 0.1) is 4.64 Å². The maximum atomic E-state index is 11.0. The Bertz CT molecular complexity index is 560. The average Bonchev–Trinajstić information content (AvgIpc) is 2.43. The average molecular weight is 279 g/mol. The van der Waals surface area contributed by atoms with E-state index in [1.165, 1.54) is 19.6 Å². The second-order valence-electron chi connectivity index (χ2n) is 4.07. The van der Waals surface area contributed by atoms with Gasteiger partial charge in [-0.2, -0.15) is 0 Å². The number of rotatable bonds is 3. The second-order valence-corrected chi connectivity index (χ2v) is 4.48. The van der Waals surface area contributed by atoms with Crippen LogP contribution in [0.2, 0.25) is 0 Å². The summed E-state index contributed by atoms with van der Waals surface area (Å²) in [4.78, 5) is 18.9. The summed E-state index contributed by atoms with van der Waals surface area (Å²) in [5.74, 6) is 0. The fourth-order valence-electron chi connectivity index (χ4n) is 1.73. The highest BCUT2D eigenvalue weighted by atomic mass is 32.1. The monoisotopic (exact) mass is 279 g/mol. The molecular formula is C14H21N3OS. The third-order valence-electron chi connectivity index (χ3n) is 2.97. The van der Waals surface area contributed by atoms with Crippen LogP contribution in [0.1, 0.15) is 20.8 Å². The fraction of sp³-hybridized carbons (Fsp3) is 0.429. The number of nitrogens with zero attached hydrogens (tertiary/aromatic N) is 1. The molecular weight excluding hydrogens is 258 g/mol. The Kier molecular flexibility index (Phi) is 6.45. The van der Waals surface area contributed by atoms with Crippen LogP contribution in [0.15, 0.2) is 29.1 Å².